The zero-order chi connectivity index (χ0) is 17.3. The number of nitrogens with zero attached hydrogens (tertiary/aromatic N) is 2. The zero-order valence-electron chi connectivity index (χ0n) is 15.5. The molecule has 134 valence electrons. The van der Waals surface area contributed by atoms with Crippen molar-refractivity contribution in [3.8, 4) is 0 Å². The minimum atomic E-state index is -0.429. The zero-order valence-corrected chi connectivity index (χ0v) is 15.5. The summed E-state index contributed by atoms with van der Waals surface area (Å²) in [4.78, 5) is 16.5. The number of likely N-dealkylation sites (tertiary alicyclic amines) is 2. The lowest BCUT2D eigenvalue weighted by Crippen LogP contribution is -2.56. The standard InChI is InChI=1S/C18H34N2O3/c1-17(2,3)23-16(22)19-10-6-14(7-11-19)18(4,5)20-12-8-15(21)9-13-20/h14-15,21H,6-13H2,1-5H3. The van der Waals surface area contributed by atoms with Crippen LogP contribution in [0.5, 0.6) is 0 Å². The normalized spacial score (nSPS) is 23.1. The highest BCUT2D eigenvalue weighted by Gasteiger charge is 2.39. The second-order valence-corrected chi connectivity index (χ2v) is 8.61. The summed E-state index contributed by atoms with van der Waals surface area (Å²) in [5.74, 6) is 0.580. The van der Waals surface area contributed by atoms with Crippen molar-refractivity contribution in [3.05, 3.63) is 0 Å². The van der Waals surface area contributed by atoms with Gasteiger partial charge in [-0.15, -0.1) is 0 Å². The van der Waals surface area contributed by atoms with Crippen LogP contribution in [0.1, 0.15) is 60.3 Å². The molecule has 2 fully saturated rings. The van der Waals surface area contributed by atoms with E-state index in [0.717, 1.165) is 51.9 Å². The summed E-state index contributed by atoms with van der Waals surface area (Å²) in [7, 11) is 0. The van der Waals surface area contributed by atoms with Gasteiger partial charge in [-0.1, -0.05) is 0 Å². The van der Waals surface area contributed by atoms with Crippen LogP contribution in [-0.2, 0) is 4.74 Å². The maximum Gasteiger partial charge on any atom is 0.410 e. The molecule has 0 aromatic rings. The van der Waals surface area contributed by atoms with Crippen LogP contribution in [0.4, 0.5) is 4.79 Å². The Labute approximate surface area is 141 Å². The van der Waals surface area contributed by atoms with E-state index in [2.05, 4.69) is 18.7 Å². The SMILES string of the molecule is CC(C)(C)OC(=O)N1CCC(C(C)(C)N2CCC(O)CC2)CC1. The summed E-state index contributed by atoms with van der Waals surface area (Å²) in [6, 6.07) is 0. The summed E-state index contributed by atoms with van der Waals surface area (Å²) in [5, 5.41) is 9.71. The molecule has 0 spiro atoms. The van der Waals surface area contributed by atoms with Gasteiger partial charge in [-0.25, -0.2) is 4.79 Å². The third-order valence-electron chi connectivity index (χ3n) is 5.43. The van der Waals surface area contributed by atoms with E-state index in [4.69, 9.17) is 4.74 Å². The lowest BCUT2D eigenvalue weighted by Gasteiger charge is -2.49. The van der Waals surface area contributed by atoms with Crippen LogP contribution in [0.3, 0.4) is 0 Å². The molecule has 23 heavy (non-hydrogen) atoms. The van der Waals surface area contributed by atoms with Gasteiger partial charge in [0.1, 0.15) is 5.60 Å². The van der Waals surface area contributed by atoms with Gasteiger partial charge in [0, 0.05) is 31.7 Å². The van der Waals surface area contributed by atoms with Gasteiger partial charge in [0.2, 0.25) is 0 Å². The highest BCUT2D eigenvalue weighted by atomic mass is 16.6. The summed E-state index contributed by atoms with van der Waals surface area (Å²) in [5.41, 5.74) is -0.304. The van der Waals surface area contributed by atoms with Crippen molar-refractivity contribution in [2.24, 2.45) is 5.92 Å². The molecule has 2 saturated heterocycles. The second-order valence-electron chi connectivity index (χ2n) is 8.61. The number of piperidine rings is 2. The number of hydrogen-bond acceptors (Lipinski definition) is 4. The van der Waals surface area contributed by atoms with Crippen LogP contribution < -0.4 is 0 Å². The summed E-state index contributed by atoms with van der Waals surface area (Å²) in [6.07, 6.45) is 3.47. The molecule has 0 aromatic carbocycles. The molecule has 0 radical (unpaired) electrons. The number of amides is 1. The lowest BCUT2D eigenvalue weighted by atomic mass is 9.78. The number of aliphatic hydroxyl groups is 1. The first kappa shape index (κ1) is 18.5. The van der Waals surface area contributed by atoms with Crippen molar-refractivity contribution >= 4 is 6.09 Å². The minimum Gasteiger partial charge on any atom is -0.444 e. The van der Waals surface area contributed by atoms with Gasteiger partial charge in [0.05, 0.1) is 6.10 Å². The average molecular weight is 326 g/mol. The van der Waals surface area contributed by atoms with Gasteiger partial charge in [-0.2, -0.15) is 0 Å². The highest BCUT2D eigenvalue weighted by Crippen LogP contribution is 2.34. The maximum atomic E-state index is 12.2. The lowest BCUT2D eigenvalue weighted by molar-refractivity contribution is -0.0214. The molecule has 0 atom stereocenters. The molecule has 5 heteroatoms. The van der Waals surface area contributed by atoms with Crippen LogP contribution in [0, 0.1) is 5.92 Å². The molecule has 0 saturated carbocycles. The Morgan fingerprint density at radius 1 is 0.957 bits per heavy atom. The first-order valence-corrected chi connectivity index (χ1v) is 9.00. The van der Waals surface area contributed by atoms with Gasteiger partial charge in [0.15, 0.2) is 0 Å². The number of rotatable bonds is 2. The molecule has 2 heterocycles. The van der Waals surface area contributed by atoms with Gasteiger partial charge < -0.3 is 14.7 Å². The van der Waals surface area contributed by atoms with E-state index in [-0.39, 0.29) is 17.7 Å². The third-order valence-corrected chi connectivity index (χ3v) is 5.43. The van der Waals surface area contributed by atoms with E-state index < -0.39 is 5.60 Å². The summed E-state index contributed by atoms with van der Waals surface area (Å²) >= 11 is 0. The average Bonchev–Trinajstić information content (AvgIpc) is 2.46. The Hall–Kier alpha value is -0.810. The fraction of sp³-hybridized carbons (Fsp3) is 0.944. The molecule has 0 unspecified atom stereocenters. The first-order valence-electron chi connectivity index (χ1n) is 9.00. The quantitative estimate of drug-likeness (QED) is 0.848. The van der Waals surface area contributed by atoms with Crippen LogP contribution in [0.25, 0.3) is 0 Å². The number of ether oxygens (including phenoxy) is 1. The van der Waals surface area contributed by atoms with Gasteiger partial charge in [-0.3, -0.25) is 4.90 Å². The minimum absolute atomic E-state index is 0.125. The molecule has 0 aromatic heterocycles. The number of hydrogen-bond donors (Lipinski definition) is 1. The Bertz CT molecular complexity index is 401. The molecule has 2 rings (SSSR count). The van der Waals surface area contributed by atoms with E-state index >= 15 is 0 Å². The first-order chi connectivity index (χ1) is 10.6. The van der Waals surface area contributed by atoms with Crippen LogP contribution >= 0.6 is 0 Å². The highest BCUT2D eigenvalue weighted by molar-refractivity contribution is 5.68. The number of carbonyl (C=O) groups is 1. The Kier molecular flexibility index (Phi) is 5.62. The maximum absolute atomic E-state index is 12.2. The predicted octanol–water partition coefficient (Wildman–Crippen LogP) is 2.87. The van der Waals surface area contributed by atoms with E-state index in [9.17, 15) is 9.90 Å². The predicted molar refractivity (Wildman–Crippen MR) is 91.4 cm³/mol. The second kappa shape index (κ2) is 6.98. The van der Waals surface area contributed by atoms with Gasteiger partial charge in [-0.05, 0) is 66.2 Å². The third kappa shape index (κ3) is 4.83. The van der Waals surface area contributed by atoms with Crippen molar-refractivity contribution in [3.63, 3.8) is 0 Å². The van der Waals surface area contributed by atoms with E-state index in [1.165, 1.54) is 0 Å². The molecule has 5 nitrogen and oxygen atoms in total. The van der Waals surface area contributed by atoms with Gasteiger partial charge in [0.25, 0.3) is 0 Å². The largest absolute Gasteiger partial charge is 0.444 e. The molecule has 2 aliphatic rings. The Balaban J connectivity index is 1.87. The summed E-state index contributed by atoms with van der Waals surface area (Å²) in [6.45, 7) is 13.9. The van der Waals surface area contributed by atoms with Crippen LogP contribution in [-0.4, -0.2) is 64.4 Å². The fourth-order valence-corrected chi connectivity index (χ4v) is 3.80. The van der Waals surface area contributed by atoms with E-state index in [0.29, 0.717) is 5.92 Å². The molecular formula is C18H34N2O3. The molecular weight excluding hydrogens is 292 g/mol. The van der Waals surface area contributed by atoms with Crippen LogP contribution in [0.2, 0.25) is 0 Å². The summed E-state index contributed by atoms with van der Waals surface area (Å²) < 4.78 is 5.47. The molecule has 2 aliphatic heterocycles. The number of carbonyl (C=O) groups excluding carboxylic acids is 1. The van der Waals surface area contributed by atoms with E-state index in [1.54, 1.807) is 0 Å². The van der Waals surface area contributed by atoms with Crippen molar-refractivity contribution < 1.29 is 14.6 Å². The van der Waals surface area contributed by atoms with Crippen molar-refractivity contribution in [2.75, 3.05) is 26.2 Å². The van der Waals surface area contributed by atoms with Crippen LogP contribution in [0.15, 0.2) is 0 Å². The van der Waals surface area contributed by atoms with Crippen molar-refractivity contribution in [1.29, 1.82) is 0 Å². The molecule has 1 N–H and O–H groups in total. The Morgan fingerprint density at radius 2 is 1.48 bits per heavy atom. The Morgan fingerprint density at radius 3 is 1.96 bits per heavy atom. The smallest absolute Gasteiger partial charge is 0.410 e. The number of aliphatic hydroxyl groups excluding tert-OH is 1. The monoisotopic (exact) mass is 326 g/mol. The molecule has 1 amide bonds. The van der Waals surface area contributed by atoms with Crippen molar-refractivity contribution in [1.82, 2.24) is 9.80 Å². The van der Waals surface area contributed by atoms with Gasteiger partial charge >= 0.3 is 6.09 Å². The fourth-order valence-electron chi connectivity index (χ4n) is 3.80. The van der Waals surface area contributed by atoms with Crippen molar-refractivity contribution in [2.45, 2.75) is 77.5 Å². The van der Waals surface area contributed by atoms with E-state index in [1.807, 2.05) is 25.7 Å². The topological polar surface area (TPSA) is 53.0 Å². The molecule has 0 bridgehead atoms. The molecule has 0 aliphatic carbocycles.